The summed E-state index contributed by atoms with van der Waals surface area (Å²) in [5, 5.41) is 29.5. The van der Waals surface area contributed by atoms with Crippen molar-refractivity contribution in [3.63, 3.8) is 0 Å². The summed E-state index contributed by atoms with van der Waals surface area (Å²) in [4.78, 5) is 23.3. The number of ether oxygens (including phenoxy) is 2. The van der Waals surface area contributed by atoms with Gasteiger partial charge in [0, 0.05) is 46.3 Å². The fourth-order valence-electron chi connectivity index (χ4n) is 4.70. The minimum absolute atomic E-state index is 0.0371. The predicted molar refractivity (Wildman–Crippen MR) is 132 cm³/mol. The molecule has 3 heterocycles. The Balaban J connectivity index is 0.000000176. The molecule has 0 saturated heterocycles. The average molecular weight is 494 g/mol. The van der Waals surface area contributed by atoms with E-state index in [1.807, 2.05) is 12.1 Å². The van der Waals surface area contributed by atoms with Gasteiger partial charge in [0.2, 0.25) is 0 Å². The summed E-state index contributed by atoms with van der Waals surface area (Å²) >= 11 is 0. The Morgan fingerprint density at radius 2 is 1.22 bits per heavy atom. The van der Waals surface area contributed by atoms with Crippen molar-refractivity contribution >= 4 is 16.9 Å². The van der Waals surface area contributed by atoms with Crippen LogP contribution in [0.5, 0.6) is 28.7 Å². The van der Waals surface area contributed by atoms with E-state index in [4.69, 9.17) is 19.0 Å². The van der Waals surface area contributed by atoms with Gasteiger partial charge in [-0.3, -0.25) is 0 Å². The van der Waals surface area contributed by atoms with Crippen molar-refractivity contribution in [3.8, 4) is 28.7 Å². The zero-order chi connectivity index (χ0) is 25.7. The first kappa shape index (κ1) is 22.2. The molecule has 0 saturated carbocycles. The van der Waals surface area contributed by atoms with E-state index in [1.54, 1.807) is 42.5 Å². The van der Waals surface area contributed by atoms with Crippen LogP contribution in [0, 0.1) is 0 Å². The number of fused-ring (bicyclic) bond motifs is 7. The van der Waals surface area contributed by atoms with Crippen LogP contribution in [-0.2, 0) is 10.3 Å². The largest absolute Gasteiger partial charge is 0.508 e. The van der Waals surface area contributed by atoms with E-state index in [1.165, 1.54) is 36.4 Å². The first-order valence-corrected chi connectivity index (χ1v) is 11.3. The lowest BCUT2D eigenvalue weighted by atomic mass is 9.77. The van der Waals surface area contributed by atoms with Crippen molar-refractivity contribution in [1.82, 2.24) is 0 Å². The summed E-state index contributed by atoms with van der Waals surface area (Å²) < 4.78 is 16.6. The highest BCUT2D eigenvalue weighted by Crippen LogP contribution is 2.56. The molecule has 37 heavy (non-hydrogen) atoms. The van der Waals surface area contributed by atoms with Gasteiger partial charge in [-0.2, -0.15) is 0 Å². The average Bonchev–Trinajstić information content (AvgIpc) is 3.16. The Bertz CT molecular complexity index is 1720. The standard InChI is InChI=1S/C20H12O5.C9H6O3/c21-11-5-7-15-17(9-11)24-18-10-12(22)6-8-16(18)20(15)14-4-2-1-3-13(14)19(23)25-20;10-7-3-1-6-2-4-9(11)12-8(6)5-7/h1-10,21-22H;1-5,10H. The number of esters is 1. The van der Waals surface area contributed by atoms with E-state index < -0.39 is 17.2 Å². The molecule has 0 amide bonds. The Hall–Kier alpha value is -5.24. The highest BCUT2D eigenvalue weighted by molar-refractivity contribution is 5.97. The molecular formula is C29H18O8. The van der Waals surface area contributed by atoms with Crippen molar-refractivity contribution < 1.29 is 34.0 Å². The number of phenols is 3. The molecule has 1 aromatic heterocycles. The number of phenolic OH excluding ortho intramolecular Hbond substituents is 3. The zero-order valence-electron chi connectivity index (χ0n) is 19.0. The van der Waals surface area contributed by atoms with Crippen LogP contribution >= 0.6 is 0 Å². The summed E-state index contributed by atoms with van der Waals surface area (Å²) in [5.74, 6) is 0.503. The van der Waals surface area contributed by atoms with Gasteiger partial charge in [-0.05, 0) is 48.5 Å². The molecule has 0 aliphatic carbocycles. The van der Waals surface area contributed by atoms with Crippen molar-refractivity contribution in [3.05, 3.63) is 124 Å². The SMILES string of the molecule is O=C1OC2(c3ccc(O)cc3Oc3cc(O)ccc32)c2ccccc21.O=c1ccc2ccc(O)cc2o1. The molecule has 0 atom stereocenters. The smallest absolute Gasteiger partial charge is 0.340 e. The lowest BCUT2D eigenvalue weighted by molar-refractivity contribution is 0.0224. The van der Waals surface area contributed by atoms with Gasteiger partial charge < -0.3 is 29.2 Å². The number of hydrogen-bond acceptors (Lipinski definition) is 8. The van der Waals surface area contributed by atoms with Crippen LogP contribution in [0.3, 0.4) is 0 Å². The van der Waals surface area contributed by atoms with Crippen molar-refractivity contribution in [2.75, 3.05) is 0 Å². The van der Waals surface area contributed by atoms with Gasteiger partial charge in [-0.1, -0.05) is 18.2 Å². The summed E-state index contributed by atoms with van der Waals surface area (Å²) in [6.07, 6.45) is 0. The molecule has 8 nitrogen and oxygen atoms in total. The van der Waals surface area contributed by atoms with E-state index in [2.05, 4.69) is 0 Å². The molecule has 0 radical (unpaired) electrons. The number of carbonyl (C=O) groups is 1. The van der Waals surface area contributed by atoms with Crippen molar-refractivity contribution in [2.45, 2.75) is 5.60 Å². The summed E-state index contributed by atoms with van der Waals surface area (Å²) in [7, 11) is 0. The Morgan fingerprint density at radius 1 is 0.622 bits per heavy atom. The van der Waals surface area contributed by atoms with Gasteiger partial charge in [0.25, 0.3) is 0 Å². The molecule has 8 heteroatoms. The molecule has 2 aliphatic rings. The van der Waals surface area contributed by atoms with Crippen LogP contribution in [0.4, 0.5) is 0 Å². The van der Waals surface area contributed by atoms with Gasteiger partial charge in [0.15, 0.2) is 5.60 Å². The maximum atomic E-state index is 12.5. The van der Waals surface area contributed by atoms with Gasteiger partial charge >= 0.3 is 11.6 Å². The third kappa shape index (κ3) is 3.54. The zero-order valence-corrected chi connectivity index (χ0v) is 19.0. The number of benzene rings is 4. The maximum absolute atomic E-state index is 12.5. The van der Waals surface area contributed by atoms with E-state index >= 15 is 0 Å². The van der Waals surface area contributed by atoms with Gasteiger partial charge in [0.05, 0.1) is 5.56 Å². The predicted octanol–water partition coefficient (Wildman–Crippen LogP) is 5.16. The highest BCUT2D eigenvalue weighted by atomic mass is 16.6. The summed E-state index contributed by atoms with van der Waals surface area (Å²) in [5.41, 5.74) is 1.28. The highest BCUT2D eigenvalue weighted by Gasteiger charge is 2.53. The molecule has 7 rings (SSSR count). The van der Waals surface area contributed by atoms with E-state index in [0.717, 1.165) is 5.39 Å². The fraction of sp³-hybridized carbons (Fsp3) is 0.0345. The Labute approximate surface area is 209 Å². The first-order chi connectivity index (χ1) is 17.8. The van der Waals surface area contributed by atoms with E-state index in [9.17, 15) is 19.8 Å². The maximum Gasteiger partial charge on any atom is 0.340 e. The molecule has 3 N–H and O–H groups in total. The Kier molecular flexibility index (Phi) is 4.91. The number of rotatable bonds is 0. The molecule has 5 aromatic rings. The minimum Gasteiger partial charge on any atom is -0.508 e. The molecule has 1 spiro atoms. The normalized spacial score (nSPS) is 14.0. The minimum atomic E-state index is -1.17. The third-order valence-electron chi connectivity index (χ3n) is 6.29. The van der Waals surface area contributed by atoms with E-state index in [0.29, 0.717) is 39.3 Å². The Morgan fingerprint density at radius 3 is 1.92 bits per heavy atom. The molecule has 0 bridgehead atoms. The quantitative estimate of drug-likeness (QED) is 0.199. The lowest BCUT2D eigenvalue weighted by Crippen LogP contribution is -2.32. The van der Waals surface area contributed by atoms with Crippen LogP contribution < -0.4 is 10.4 Å². The molecular weight excluding hydrogens is 476 g/mol. The van der Waals surface area contributed by atoms with Gasteiger partial charge in [0.1, 0.15) is 34.3 Å². The third-order valence-corrected chi connectivity index (χ3v) is 6.29. The van der Waals surface area contributed by atoms with E-state index in [-0.39, 0.29) is 17.2 Å². The fourth-order valence-corrected chi connectivity index (χ4v) is 4.70. The molecule has 0 fully saturated rings. The summed E-state index contributed by atoms with van der Waals surface area (Å²) in [6.45, 7) is 0. The van der Waals surface area contributed by atoms with Crippen LogP contribution in [0.2, 0.25) is 0 Å². The monoisotopic (exact) mass is 494 g/mol. The molecule has 2 aliphatic heterocycles. The lowest BCUT2D eigenvalue weighted by Gasteiger charge is -2.36. The number of aromatic hydroxyl groups is 3. The second-order valence-electron chi connectivity index (χ2n) is 8.56. The first-order valence-electron chi connectivity index (χ1n) is 11.3. The molecule has 4 aromatic carbocycles. The topological polar surface area (TPSA) is 126 Å². The van der Waals surface area contributed by atoms with Crippen LogP contribution in [0.15, 0.2) is 100 Å². The summed E-state index contributed by atoms with van der Waals surface area (Å²) in [6, 6.07) is 24.2. The van der Waals surface area contributed by atoms with Crippen molar-refractivity contribution in [1.29, 1.82) is 0 Å². The van der Waals surface area contributed by atoms with Crippen LogP contribution in [0.1, 0.15) is 27.0 Å². The van der Waals surface area contributed by atoms with Gasteiger partial charge in [-0.25, -0.2) is 9.59 Å². The molecule has 0 unspecified atom stereocenters. The van der Waals surface area contributed by atoms with Crippen LogP contribution in [-0.4, -0.2) is 21.3 Å². The van der Waals surface area contributed by atoms with Gasteiger partial charge in [-0.15, -0.1) is 0 Å². The van der Waals surface area contributed by atoms with Crippen LogP contribution in [0.25, 0.3) is 11.0 Å². The van der Waals surface area contributed by atoms with Crippen molar-refractivity contribution in [2.24, 2.45) is 0 Å². The molecule has 182 valence electrons. The second kappa shape index (κ2) is 8.17. The second-order valence-corrected chi connectivity index (χ2v) is 8.56. The number of hydrogen-bond donors (Lipinski definition) is 3. The number of carbonyl (C=O) groups excluding carboxylic acids is 1.